The Hall–Kier alpha value is -1.45. The van der Waals surface area contributed by atoms with Crippen LogP contribution in [-0.2, 0) is 0 Å². The van der Waals surface area contributed by atoms with Crippen LogP contribution < -0.4 is 0 Å². The Morgan fingerprint density at radius 3 is 2.64 bits per heavy atom. The van der Waals surface area contributed by atoms with Gasteiger partial charge in [-0.15, -0.1) is 0 Å². The van der Waals surface area contributed by atoms with E-state index in [0.29, 0.717) is 5.69 Å². The number of carboxylic acid groups (broad SMARTS) is 1. The lowest BCUT2D eigenvalue weighted by Crippen LogP contribution is -2.05. The fourth-order valence-corrected chi connectivity index (χ4v) is 0.630. The van der Waals surface area contributed by atoms with Crippen LogP contribution in [0.25, 0.3) is 0 Å². The summed E-state index contributed by atoms with van der Waals surface area (Å²) in [5.41, 5.74) is 1.60. The lowest BCUT2D eigenvalue weighted by Gasteiger charge is -1.97. The number of aromatic carboxylic acids is 1. The molecule has 0 aromatic carbocycles. The van der Waals surface area contributed by atoms with Crippen LogP contribution in [0.15, 0.2) is 6.20 Å². The molecule has 0 saturated carbocycles. The number of hydrogen-bond donors (Lipinski definition) is 1. The van der Waals surface area contributed by atoms with Crippen molar-refractivity contribution >= 4 is 5.97 Å². The average molecular weight is 152 g/mol. The van der Waals surface area contributed by atoms with Gasteiger partial charge in [0, 0.05) is 11.9 Å². The van der Waals surface area contributed by atoms with Gasteiger partial charge in [0.15, 0.2) is 0 Å². The van der Waals surface area contributed by atoms with Crippen LogP contribution in [0.2, 0.25) is 0 Å². The van der Waals surface area contributed by atoms with E-state index in [1.807, 2.05) is 6.92 Å². The SMILES string of the molecule is Cc1cnc(C(=O)O)nc1C. The maximum Gasteiger partial charge on any atom is 0.373 e. The fourth-order valence-electron chi connectivity index (χ4n) is 0.630. The third-order valence-electron chi connectivity index (χ3n) is 1.42. The molecule has 1 heterocycles. The zero-order valence-electron chi connectivity index (χ0n) is 6.33. The summed E-state index contributed by atoms with van der Waals surface area (Å²) >= 11 is 0. The van der Waals surface area contributed by atoms with E-state index in [1.165, 1.54) is 6.20 Å². The van der Waals surface area contributed by atoms with Crippen LogP contribution in [0, 0.1) is 13.8 Å². The number of nitrogens with zero attached hydrogens (tertiary/aromatic N) is 2. The minimum absolute atomic E-state index is 0.145. The van der Waals surface area contributed by atoms with Gasteiger partial charge in [-0.3, -0.25) is 0 Å². The summed E-state index contributed by atoms with van der Waals surface area (Å²) in [6.07, 6.45) is 1.51. The number of carboxylic acids is 1. The Bertz CT molecular complexity index is 296. The molecule has 0 radical (unpaired) electrons. The van der Waals surface area contributed by atoms with Gasteiger partial charge in [-0.1, -0.05) is 0 Å². The van der Waals surface area contributed by atoms with Gasteiger partial charge in [0.2, 0.25) is 5.82 Å². The van der Waals surface area contributed by atoms with Crippen LogP contribution >= 0.6 is 0 Å². The Morgan fingerprint density at radius 2 is 2.18 bits per heavy atom. The highest BCUT2D eigenvalue weighted by molar-refractivity contribution is 5.83. The molecule has 0 fully saturated rings. The molecular formula is C7H8N2O2. The first-order valence-electron chi connectivity index (χ1n) is 3.15. The van der Waals surface area contributed by atoms with E-state index >= 15 is 0 Å². The van der Waals surface area contributed by atoms with Crippen molar-refractivity contribution in [1.29, 1.82) is 0 Å². The highest BCUT2D eigenvalue weighted by Gasteiger charge is 2.06. The van der Waals surface area contributed by atoms with Crippen LogP contribution in [0.4, 0.5) is 0 Å². The number of hydrogen-bond acceptors (Lipinski definition) is 3. The third-order valence-corrected chi connectivity index (χ3v) is 1.42. The zero-order chi connectivity index (χ0) is 8.43. The van der Waals surface area contributed by atoms with Crippen molar-refractivity contribution in [3.05, 3.63) is 23.3 Å². The Balaban J connectivity index is 3.15. The van der Waals surface area contributed by atoms with E-state index in [0.717, 1.165) is 5.56 Å². The quantitative estimate of drug-likeness (QED) is 0.646. The van der Waals surface area contributed by atoms with Gasteiger partial charge < -0.3 is 5.11 Å². The van der Waals surface area contributed by atoms with Gasteiger partial charge in [0.05, 0.1) is 0 Å². The maximum atomic E-state index is 10.3. The van der Waals surface area contributed by atoms with Crippen molar-refractivity contribution in [1.82, 2.24) is 9.97 Å². The van der Waals surface area contributed by atoms with E-state index in [2.05, 4.69) is 9.97 Å². The Morgan fingerprint density at radius 1 is 1.55 bits per heavy atom. The molecule has 4 heteroatoms. The van der Waals surface area contributed by atoms with Gasteiger partial charge >= 0.3 is 5.97 Å². The van der Waals surface area contributed by atoms with Crippen molar-refractivity contribution in [3.63, 3.8) is 0 Å². The topological polar surface area (TPSA) is 63.1 Å². The second-order valence-corrected chi connectivity index (χ2v) is 2.27. The van der Waals surface area contributed by atoms with E-state index < -0.39 is 5.97 Å². The van der Waals surface area contributed by atoms with Gasteiger partial charge in [-0.25, -0.2) is 14.8 Å². The molecule has 0 atom stereocenters. The predicted octanol–water partition coefficient (Wildman–Crippen LogP) is 0.792. The molecule has 1 aromatic heterocycles. The number of rotatable bonds is 1. The summed E-state index contributed by atoms with van der Waals surface area (Å²) < 4.78 is 0. The number of aryl methyl sites for hydroxylation is 2. The van der Waals surface area contributed by atoms with E-state index in [4.69, 9.17) is 5.11 Å². The third kappa shape index (κ3) is 1.52. The normalized spacial score (nSPS) is 9.64. The van der Waals surface area contributed by atoms with Crippen molar-refractivity contribution in [3.8, 4) is 0 Å². The summed E-state index contributed by atoms with van der Waals surface area (Å²) in [5.74, 6) is -1.23. The zero-order valence-corrected chi connectivity index (χ0v) is 6.33. The summed E-state index contributed by atoms with van der Waals surface area (Å²) in [4.78, 5) is 17.7. The highest BCUT2D eigenvalue weighted by Crippen LogP contribution is 2.00. The second kappa shape index (κ2) is 2.65. The first-order valence-corrected chi connectivity index (χ1v) is 3.15. The number of carbonyl (C=O) groups is 1. The molecule has 0 saturated heterocycles. The molecular weight excluding hydrogens is 144 g/mol. The van der Waals surface area contributed by atoms with Gasteiger partial charge in [0.25, 0.3) is 0 Å². The minimum Gasteiger partial charge on any atom is -0.475 e. The fraction of sp³-hybridized carbons (Fsp3) is 0.286. The summed E-state index contributed by atoms with van der Waals surface area (Å²) in [5, 5.41) is 8.48. The predicted molar refractivity (Wildman–Crippen MR) is 38.5 cm³/mol. The van der Waals surface area contributed by atoms with Crippen molar-refractivity contribution in [2.24, 2.45) is 0 Å². The maximum absolute atomic E-state index is 10.3. The van der Waals surface area contributed by atoms with Crippen molar-refractivity contribution < 1.29 is 9.90 Å². The van der Waals surface area contributed by atoms with Crippen molar-refractivity contribution in [2.45, 2.75) is 13.8 Å². The summed E-state index contributed by atoms with van der Waals surface area (Å²) in [7, 11) is 0. The average Bonchev–Trinajstić information content (AvgIpc) is 1.94. The summed E-state index contributed by atoms with van der Waals surface area (Å²) in [6.45, 7) is 3.59. The largest absolute Gasteiger partial charge is 0.475 e. The molecule has 58 valence electrons. The highest BCUT2D eigenvalue weighted by atomic mass is 16.4. The Kier molecular flexibility index (Phi) is 1.85. The monoisotopic (exact) mass is 152 g/mol. The van der Waals surface area contributed by atoms with E-state index in [9.17, 15) is 4.79 Å². The molecule has 0 aliphatic heterocycles. The standard InChI is InChI=1S/C7H8N2O2/c1-4-3-8-6(7(10)11)9-5(4)2/h3H,1-2H3,(H,10,11). The first-order chi connectivity index (χ1) is 5.11. The molecule has 0 spiro atoms. The molecule has 0 aliphatic carbocycles. The molecule has 0 unspecified atom stereocenters. The molecule has 0 aliphatic rings. The molecule has 1 N–H and O–H groups in total. The first kappa shape index (κ1) is 7.65. The number of aromatic nitrogens is 2. The van der Waals surface area contributed by atoms with Gasteiger partial charge in [0.1, 0.15) is 0 Å². The van der Waals surface area contributed by atoms with Gasteiger partial charge in [-0.2, -0.15) is 0 Å². The molecule has 11 heavy (non-hydrogen) atoms. The van der Waals surface area contributed by atoms with Crippen LogP contribution in [-0.4, -0.2) is 21.0 Å². The molecule has 4 nitrogen and oxygen atoms in total. The molecule has 0 bridgehead atoms. The van der Waals surface area contributed by atoms with E-state index in [1.54, 1.807) is 6.92 Å². The minimum atomic E-state index is -1.09. The lowest BCUT2D eigenvalue weighted by atomic mass is 10.3. The second-order valence-electron chi connectivity index (χ2n) is 2.27. The van der Waals surface area contributed by atoms with Crippen LogP contribution in [0.5, 0.6) is 0 Å². The Labute approximate surface area is 63.9 Å². The van der Waals surface area contributed by atoms with Crippen molar-refractivity contribution in [2.75, 3.05) is 0 Å². The van der Waals surface area contributed by atoms with Crippen LogP contribution in [0.3, 0.4) is 0 Å². The molecule has 0 amide bonds. The molecule has 1 rings (SSSR count). The summed E-state index contributed by atoms with van der Waals surface area (Å²) in [6, 6.07) is 0. The van der Waals surface area contributed by atoms with E-state index in [-0.39, 0.29) is 5.82 Å². The lowest BCUT2D eigenvalue weighted by molar-refractivity contribution is 0.0683. The van der Waals surface area contributed by atoms with Crippen LogP contribution in [0.1, 0.15) is 21.9 Å². The smallest absolute Gasteiger partial charge is 0.373 e. The van der Waals surface area contributed by atoms with Gasteiger partial charge in [-0.05, 0) is 19.4 Å². The molecule has 1 aromatic rings.